The number of rotatable bonds is 4. The number of hydrogen-bond acceptors (Lipinski definition) is 2. The highest BCUT2D eigenvalue weighted by molar-refractivity contribution is 5.95. The summed E-state index contributed by atoms with van der Waals surface area (Å²) < 4.78 is 5.38. The first-order chi connectivity index (χ1) is 9.63. The van der Waals surface area contributed by atoms with Gasteiger partial charge in [-0.2, -0.15) is 0 Å². The van der Waals surface area contributed by atoms with Crippen LogP contribution in [0.5, 0.6) is 0 Å². The van der Waals surface area contributed by atoms with Crippen molar-refractivity contribution in [1.29, 1.82) is 0 Å². The highest BCUT2D eigenvalue weighted by Gasteiger charge is 2.33. The van der Waals surface area contributed by atoms with E-state index in [-0.39, 0.29) is 5.91 Å². The maximum absolute atomic E-state index is 12.7. The highest BCUT2D eigenvalue weighted by Crippen LogP contribution is 2.30. The summed E-state index contributed by atoms with van der Waals surface area (Å²) in [6.07, 6.45) is 3.84. The Balaban J connectivity index is 1.85. The summed E-state index contributed by atoms with van der Waals surface area (Å²) >= 11 is 0. The molecule has 1 aromatic heterocycles. The maximum Gasteiger partial charge on any atom is 0.254 e. The second-order valence-corrected chi connectivity index (χ2v) is 5.62. The van der Waals surface area contributed by atoms with Crippen molar-refractivity contribution in [3.63, 3.8) is 0 Å². The van der Waals surface area contributed by atoms with E-state index in [9.17, 15) is 4.79 Å². The van der Waals surface area contributed by atoms with Crippen molar-refractivity contribution in [2.75, 3.05) is 0 Å². The average Bonchev–Trinajstić information content (AvgIpc) is 3.11. The molecule has 0 aliphatic heterocycles. The number of benzene rings is 1. The molecule has 1 saturated carbocycles. The van der Waals surface area contributed by atoms with Crippen LogP contribution in [0.15, 0.2) is 41.0 Å². The average molecular weight is 269 g/mol. The zero-order valence-electron chi connectivity index (χ0n) is 11.9. The molecule has 2 aromatic rings. The number of furan rings is 1. The fraction of sp³-hybridized carbons (Fsp3) is 0.353. The molecule has 1 fully saturated rings. The van der Waals surface area contributed by atoms with Crippen LogP contribution in [-0.4, -0.2) is 16.8 Å². The van der Waals surface area contributed by atoms with Gasteiger partial charge in [-0.05, 0) is 51.0 Å². The van der Waals surface area contributed by atoms with Crippen LogP contribution in [0.25, 0.3) is 0 Å². The van der Waals surface area contributed by atoms with Crippen molar-refractivity contribution in [3.05, 3.63) is 59.0 Å². The molecule has 0 unspecified atom stereocenters. The molecule has 20 heavy (non-hydrogen) atoms. The van der Waals surface area contributed by atoms with Crippen molar-refractivity contribution in [2.24, 2.45) is 0 Å². The van der Waals surface area contributed by atoms with E-state index in [1.165, 1.54) is 0 Å². The van der Waals surface area contributed by atoms with E-state index in [0.717, 1.165) is 35.3 Å². The first-order valence-electron chi connectivity index (χ1n) is 7.05. The molecule has 0 atom stereocenters. The van der Waals surface area contributed by atoms with Crippen molar-refractivity contribution < 1.29 is 9.21 Å². The number of amides is 1. The molecule has 0 radical (unpaired) electrons. The van der Waals surface area contributed by atoms with Crippen LogP contribution in [-0.2, 0) is 6.54 Å². The van der Waals surface area contributed by atoms with Gasteiger partial charge in [0.1, 0.15) is 5.76 Å². The van der Waals surface area contributed by atoms with E-state index < -0.39 is 0 Å². The van der Waals surface area contributed by atoms with E-state index in [1.807, 2.05) is 43.0 Å². The van der Waals surface area contributed by atoms with E-state index in [2.05, 4.69) is 6.07 Å². The van der Waals surface area contributed by atoms with Crippen molar-refractivity contribution in [3.8, 4) is 0 Å². The first kappa shape index (κ1) is 13.0. The molecule has 1 amide bonds. The Bertz CT molecular complexity index is 592. The van der Waals surface area contributed by atoms with Crippen LogP contribution in [0.2, 0.25) is 0 Å². The third kappa shape index (κ3) is 2.77. The van der Waals surface area contributed by atoms with Crippen molar-refractivity contribution in [2.45, 2.75) is 39.3 Å². The normalized spacial score (nSPS) is 14.3. The van der Waals surface area contributed by atoms with E-state index >= 15 is 0 Å². The van der Waals surface area contributed by atoms with Gasteiger partial charge in [-0.1, -0.05) is 17.2 Å². The maximum atomic E-state index is 12.7. The Kier molecular flexibility index (Phi) is 3.35. The van der Waals surface area contributed by atoms with Crippen LogP contribution < -0.4 is 0 Å². The zero-order chi connectivity index (χ0) is 14.1. The monoisotopic (exact) mass is 269 g/mol. The molecule has 3 rings (SSSR count). The summed E-state index contributed by atoms with van der Waals surface area (Å²) in [5.74, 6) is 0.949. The fourth-order valence-corrected chi connectivity index (χ4v) is 2.59. The highest BCUT2D eigenvalue weighted by atomic mass is 16.3. The fourth-order valence-electron chi connectivity index (χ4n) is 2.59. The summed E-state index contributed by atoms with van der Waals surface area (Å²) in [5, 5.41) is 0. The molecule has 1 aliphatic rings. The van der Waals surface area contributed by atoms with Gasteiger partial charge in [-0.25, -0.2) is 0 Å². The number of hydrogen-bond donors (Lipinski definition) is 0. The quantitative estimate of drug-likeness (QED) is 0.848. The SMILES string of the molecule is Cc1cc(C)cc(C(=O)N(Cc2ccco2)C2CC2)c1. The molecular weight excluding hydrogens is 250 g/mol. The lowest BCUT2D eigenvalue weighted by Gasteiger charge is -2.21. The van der Waals surface area contributed by atoms with Gasteiger partial charge >= 0.3 is 0 Å². The molecule has 0 saturated heterocycles. The third-order valence-electron chi connectivity index (χ3n) is 3.62. The van der Waals surface area contributed by atoms with Crippen molar-refractivity contribution in [1.82, 2.24) is 4.90 Å². The predicted octanol–water partition coefficient (Wildman–Crippen LogP) is 3.70. The van der Waals surface area contributed by atoms with Crippen LogP contribution in [0.4, 0.5) is 0 Å². The minimum atomic E-state index is 0.107. The predicted molar refractivity (Wildman–Crippen MR) is 77.5 cm³/mol. The lowest BCUT2D eigenvalue weighted by molar-refractivity contribution is 0.0717. The third-order valence-corrected chi connectivity index (χ3v) is 3.62. The second kappa shape index (κ2) is 5.16. The second-order valence-electron chi connectivity index (χ2n) is 5.62. The molecule has 3 nitrogen and oxygen atoms in total. The molecule has 3 heteroatoms. The van der Waals surface area contributed by atoms with Gasteiger partial charge in [0.15, 0.2) is 0 Å². The van der Waals surface area contributed by atoms with Crippen LogP contribution >= 0.6 is 0 Å². The van der Waals surface area contributed by atoms with Gasteiger partial charge in [0.2, 0.25) is 0 Å². The standard InChI is InChI=1S/C17H19NO2/c1-12-8-13(2)10-14(9-12)17(19)18(15-5-6-15)11-16-4-3-7-20-16/h3-4,7-10,15H,5-6,11H2,1-2H3. The van der Waals surface area contributed by atoms with Crippen LogP contribution in [0, 0.1) is 13.8 Å². The number of nitrogens with zero attached hydrogens (tertiary/aromatic N) is 1. The first-order valence-corrected chi connectivity index (χ1v) is 7.05. The molecule has 0 N–H and O–H groups in total. The Labute approximate surface area is 119 Å². The lowest BCUT2D eigenvalue weighted by atomic mass is 10.1. The smallest absolute Gasteiger partial charge is 0.254 e. The van der Waals surface area contributed by atoms with E-state index in [4.69, 9.17) is 4.42 Å². The van der Waals surface area contributed by atoms with E-state index in [0.29, 0.717) is 12.6 Å². The minimum absolute atomic E-state index is 0.107. The summed E-state index contributed by atoms with van der Waals surface area (Å²) in [6.45, 7) is 4.61. The molecule has 104 valence electrons. The van der Waals surface area contributed by atoms with Gasteiger partial charge in [-0.3, -0.25) is 4.79 Å². The number of carbonyl (C=O) groups is 1. The number of aryl methyl sites for hydroxylation is 2. The minimum Gasteiger partial charge on any atom is -0.467 e. The molecule has 1 aliphatic carbocycles. The number of carbonyl (C=O) groups excluding carboxylic acids is 1. The summed E-state index contributed by atoms with van der Waals surface area (Å²) in [6, 6.07) is 10.2. The van der Waals surface area contributed by atoms with Crippen molar-refractivity contribution >= 4 is 5.91 Å². The summed E-state index contributed by atoms with van der Waals surface area (Å²) in [4.78, 5) is 14.7. The Morgan fingerprint density at radius 1 is 1.25 bits per heavy atom. The molecule has 1 heterocycles. The largest absolute Gasteiger partial charge is 0.467 e. The Hall–Kier alpha value is -2.03. The van der Waals surface area contributed by atoms with E-state index in [1.54, 1.807) is 6.26 Å². The van der Waals surface area contributed by atoms with Gasteiger partial charge in [0.25, 0.3) is 5.91 Å². The van der Waals surface area contributed by atoms with Gasteiger partial charge in [0.05, 0.1) is 12.8 Å². The molecule has 1 aromatic carbocycles. The zero-order valence-corrected chi connectivity index (χ0v) is 11.9. The molecular formula is C17H19NO2. The lowest BCUT2D eigenvalue weighted by Crippen LogP contribution is -2.32. The van der Waals surface area contributed by atoms with Gasteiger partial charge in [0, 0.05) is 11.6 Å². The molecule has 0 spiro atoms. The summed E-state index contributed by atoms with van der Waals surface area (Å²) in [5.41, 5.74) is 3.03. The van der Waals surface area contributed by atoms with Crippen LogP contribution in [0.1, 0.15) is 40.1 Å². The Morgan fingerprint density at radius 2 is 1.95 bits per heavy atom. The van der Waals surface area contributed by atoms with Gasteiger partial charge in [-0.15, -0.1) is 0 Å². The topological polar surface area (TPSA) is 33.5 Å². The van der Waals surface area contributed by atoms with Crippen LogP contribution in [0.3, 0.4) is 0 Å². The Morgan fingerprint density at radius 3 is 2.50 bits per heavy atom. The van der Waals surface area contributed by atoms with Gasteiger partial charge < -0.3 is 9.32 Å². The summed E-state index contributed by atoms with van der Waals surface area (Å²) in [7, 11) is 0. The molecule has 0 bridgehead atoms.